The maximum atomic E-state index is 12.5. The summed E-state index contributed by atoms with van der Waals surface area (Å²) in [7, 11) is 0. The standard InChI is InChI=1S/C19H24N4O2/c1-12(2)10-17(24)21-22-19(25)15-11-20-23(18(15)14-8-9-14)16-7-5-4-6-13(16)3/h4-7,11-12,14H,8-10H2,1-3H3,(H,21,24)(H,22,25). The van der Waals surface area contributed by atoms with Crippen LogP contribution >= 0.6 is 0 Å². The van der Waals surface area contributed by atoms with Crippen molar-refractivity contribution < 1.29 is 9.59 Å². The summed E-state index contributed by atoms with van der Waals surface area (Å²) in [6.07, 6.45) is 4.07. The van der Waals surface area contributed by atoms with Gasteiger partial charge < -0.3 is 0 Å². The van der Waals surface area contributed by atoms with E-state index in [-0.39, 0.29) is 17.7 Å². The highest BCUT2D eigenvalue weighted by atomic mass is 16.2. The van der Waals surface area contributed by atoms with Gasteiger partial charge in [-0.05, 0) is 37.3 Å². The molecule has 0 radical (unpaired) electrons. The van der Waals surface area contributed by atoms with Gasteiger partial charge >= 0.3 is 0 Å². The number of carbonyl (C=O) groups excluding carboxylic acids is 2. The molecule has 0 bridgehead atoms. The lowest BCUT2D eigenvalue weighted by Gasteiger charge is -2.12. The van der Waals surface area contributed by atoms with E-state index >= 15 is 0 Å². The zero-order chi connectivity index (χ0) is 18.0. The Bertz CT molecular complexity index is 790. The highest BCUT2D eigenvalue weighted by Gasteiger charge is 2.33. The van der Waals surface area contributed by atoms with Crippen LogP contribution in [0.1, 0.15) is 60.6 Å². The Balaban J connectivity index is 1.82. The van der Waals surface area contributed by atoms with Crippen LogP contribution in [0, 0.1) is 12.8 Å². The molecule has 2 amide bonds. The highest BCUT2D eigenvalue weighted by Crippen LogP contribution is 2.42. The van der Waals surface area contributed by atoms with E-state index in [1.165, 1.54) is 0 Å². The summed E-state index contributed by atoms with van der Waals surface area (Å²) in [4.78, 5) is 24.3. The van der Waals surface area contributed by atoms with E-state index in [1.807, 2.05) is 49.7 Å². The van der Waals surface area contributed by atoms with Crippen molar-refractivity contribution in [3.63, 3.8) is 0 Å². The molecule has 0 unspecified atom stereocenters. The monoisotopic (exact) mass is 340 g/mol. The molecule has 25 heavy (non-hydrogen) atoms. The second kappa shape index (κ2) is 7.09. The molecule has 1 aromatic heterocycles. The Labute approximate surface area is 147 Å². The van der Waals surface area contributed by atoms with Crippen molar-refractivity contribution in [2.45, 2.75) is 46.0 Å². The van der Waals surface area contributed by atoms with Gasteiger partial charge in [-0.25, -0.2) is 4.68 Å². The van der Waals surface area contributed by atoms with Gasteiger partial charge in [-0.2, -0.15) is 5.10 Å². The summed E-state index contributed by atoms with van der Waals surface area (Å²) in [5.41, 5.74) is 8.52. The number of nitrogens with zero attached hydrogens (tertiary/aromatic N) is 2. The Morgan fingerprint density at radius 2 is 1.96 bits per heavy atom. The first kappa shape index (κ1) is 17.2. The Hall–Kier alpha value is -2.63. The van der Waals surface area contributed by atoms with Crippen LogP contribution in [0.5, 0.6) is 0 Å². The van der Waals surface area contributed by atoms with Crippen LogP contribution < -0.4 is 10.9 Å². The number of rotatable bonds is 5. The van der Waals surface area contributed by atoms with Crippen molar-refractivity contribution in [1.82, 2.24) is 20.6 Å². The van der Waals surface area contributed by atoms with E-state index in [0.29, 0.717) is 17.9 Å². The molecule has 6 heteroatoms. The third-order valence-electron chi connectivity index (χ3n) is 4.27. The van der Waals surface area contributed by atoms with E-state index in [9.17, 15) is 9.59 Å². The van der Waals surface area contributed by atoms with Crippen LogP contribution in [-0.4, -0.2) is 21.6 Å². The molecule has 2 N–H and O–H groups in total. The van der Waals surface area contributed by atoms with Crippen molar-refractivity contribution in [3.05, 3.63) is 47.3 Å². The summed E-state index contributed by atoms with van der Waals surface area (Å²) in [6.45, 7) is 5.94. The molecule has 0 spiro atoms. The molecule has 1 fully saturated rings. The summed E-state index contributed by atoms with van der Waals surface area (Å²) in [6, 6.07) is 7.98. The molecule has 1 aromatic carbocycles. The number of hydrogen-bond donors (Lipinski definition) is 2. The van der Waals surface area contributed by atoms with Crippen molar-refractivity contribution in [3.8, 4) is 5.69 Å². The molecule has 0 saturated heterocycles. The maximum absolute atomic E-state index is 12.5. The smallest absolute Gasteiger partial charge is 0.273 e. The largest absolute Gasteiger partial charge is 0.273 e. The SMILES string of the molecule is Cc1ccccc1-n1ncc(C(=O)NNC(=O)CC(C)C)c1C1CC1. The number of nitrogens with one attached hydrogen (secondary N) is 2. The van der Waals surface area contributed by atoms with E-state index in [4.69, 9.17) is 0 Å². The van der Waals surface area contributed by atoms with Gasteiger partial charge in [-0.3, -0.25) is 20.4 Å². The van der Waals surface area contributed by atoms with Gasteiger partial charge in [0, 0.05) is 12.3 Å². The Morgan fingerprint density at radius 1 is 1.24 bits per heavy atom. The van der Waals surface area contributed by atoms with Gasteiger partial charge in [0.25, 0.3) is 5.91 Å². The number of aryl methyl sites for hydroxylation is 1. The third-order valence-corrected chi connectivity index (χ3v) is 4.27. The Morgan fingerprint density at radius 3 is 2.60 bits per heavy atom. The van der Waals surface area contributed by atoms with Gasteiger partial charge in [0.1, 0.15) is 0 Å². The minimum atomic E-state index is -0.321. The van der Waals surface area contributed by atoms with E-state index < -0.39 is 0 Å². The average molecular weight is 340 g/mol. The van der Waals surface area contributed by atoms with Crippen molar-refractivity contribution in [2.75, 3.05) is 0 Å². The molecule has 6 nitrogen and oxygen atoms in total. The normalized spacial score (nSPS) is 13.8. The summed E-state index contributed by atoms with van der Waals surface area (Å²) in [5.74, 6) is 0.0680. The van der Waals surface area contributed by atoms with Crippen LogP contribution in [0.3, 0.4) is 0 Å². The van der Waals surface area contributed by atoms with Crippen LogP contribution in [0.25, 0.3) is 5.69 Å². The van der Waals surface area contributed by atoms with Crippen LogP contribution in [0.15, 0.2) is 30.5 Å². The lowest BCUT2D eigenvalue weighted by Crippen LogP contribution is -2.42. The Kier molecular flexibility index (Phi) is 4.88. The molecule has 2 aromatic rings. The molecule has 132 valence electrons. The summed E-state index contributed by atoms with van der Waals surface area (Å²) >= 11 is 0. The minimum Gasteiger partial charge on any atom is -0.273 e. The second-order valence-electron chi connectivity index (χ2n) is 7.02. The molecule has 1 saturated carbocycles. The zero-order valence-electron chi connectivity index (χ0n) is 14.9. The summed E-state index contributed by atoms with van der Waals surface area (Å²) < 4.78 is 1.86. The van der Waals surface area contributed by atoms with Crippen LogP contribution in [-0.2, 0) is 4.79 Å². The number of hydrogen-bond acceptors (Lipinski definition) is 3. The summed E-state index contributed by atoms with van der Waals surface area (Å²) in [5, 5.41) is 4.45. The van der Waals surface area contributed by atoms with Crippen molar-refractivity contribution >= 4 is 11.8 Å². The predicted octanol–water partition coefficient (Wildman–Crippen LogP) is 2.87. The number of aromatic nitrogens is 2. The van der Waals surface area contributed by atoms with Crippen molar-refractivity contribution in [2.24, 2.45) is 5.92 Å². The first-order chi connectivity index (χ1) is 12.0. The number of amides is 2. The van der Waals surface area contributed by atoms with Crippen LogP contribution in [0.2, 0.25) is 0 Å². The molecule has 1 heterocycles. The molecular formula is C19H24N4O2. The van der Waals surface area contributed by atoms with E-state index in [0.717, 1.165) is 29.8 Å². The first-order valence-electron chi connectivity index (χ1n) is 8.70. The fraction of sp³-hybridized carbons (Fsp3) is 0.421. The minimum absolute atomic E-state index is 0.192. The number of carbonyl (C=O) groups is 2. The molecule has 3 rings (SSSR count). The topological polar surface area (TPSA) is 76.0 Å². The molecule has 0 aliphatic heterocycles. The quantitative estimate of drug-likeness (QED) is 0.822. The van der Waals surface area contributed by atoms with Gasteiger partial charge in [-0.1, -0.05) is 32.0 Å². The second-order valence-corrected chi connectivity index (χ2v) is 7.02. The van der Waals surface area contributed by atoms with Gasteiger partial charge in [0.05, 0.1) is 23.1 Å². The van der Waals surface area contributed by atoms with Crippen LogP contribution in [0.4, 0.5) is 0 Å². The molecule has 1 aliphatic rings. The molecule has 0 atom stereocenters. The average Bonchev–Trinajstić information content (AvgIpc) is 3.31. The fourth-order valence-electron chi connectivity index (χ4n) is 2.89. The van der Waals surface area contributed by atoms with E-state index in [1.54, 1.807) is 6.20 Å². The highest BCUT2D eigenvalue weighted by molar-refractivity contribution is 5.96. The third kappa shape index (κ3) is 3.90. The number of benzene rings is 1. The maximum Gasteiger partial charge on any atom is 0.273 e. The van der Waals surface area contributed by atoms with Gasteiger partial charge in [0.15, 0.2) is 0 Å². The lowest BCUT2D eigenvalue weighted by molar-refractivity contribution is -0.122. The number of para-hydroxylation sites is 1. The lowest BCUT2D eigenvalue weighted by atomic mass is 10.1. The number of hydrazine groups is 1. The van der Waals surface area contributed by atoms with Gasteiger partial charge in [0.2, 0.25) is 5.91 Å². The molecular weight excluding hydrogens is 316 g/mol. The first-order valence-corrected chi connectivity index (χ1v) is 8.70. The predicted molar refractivity (Wildman–Crippen MR) is 95.3 cm³/mol. The van der Waals surface area contributed by atoms with E-state index in [2.05, 4.69) is 16.0 Å². The molecule has 1 aliphatic carbocycles. The van der Waals surface area contributed by atoms with Gasteiger partial charge in [-0.15, -0.1) is 0 Å². The zero-order valence-corrected chi connectivity index (χ0v) is 14.9. The van der Waals surface area contributed by atoms with Crippen molar-refractivity contribution in [1.29, 1.82) is 0 Å². The fourth-order valence-corrected chi connectivity index (χ4v) is 2.89.